The predicted molar refractivity (Wildman–Crippen MR) is 55.3 cm³/mol. The van der Waals surface area contributed by atoms with Crippen LogP contribution >= 0.6 is 0 Å². The molecule has 0 radical (unpaired) electrons. The lowest BCUT2D eigenvalue weighted by molar-refractivity contribution is -0.126. The van der Waals surface area contributed by atoms with Gasteiger partial charge in [-0.3, -0.25) is 4.79 Å². The molecule has 0 aromatic heterocycles. The number of ether oxygens (including phenoxy) is 1. The molecule has 1 atom stereocenters. The first-order valence-electron chi connectivity index (χ1n) is 4.55. The number of carbonyl (C=O) groups is 1. The number of nitriles is 1. The summed E-state index contributed by atoms with van der Waals surface area (Å²) in [6.07, 6.45) is -0.539. The molecule has 1 amide bonds. The van der Waals surface area contributed by atoms with Gasteiger partial charge in [-0.15, -0.1) is 0 Å². The van der Waals surface area contributed by atoms with E-state index in [2.05, 4.69) is 5.32 Å². The fourth-order valence-electron chi connectivity index (χ4n) is 1.07. The fourth-order valence-corrected chi connectivity index (χ4v) is 1.07. The minimum absolute atomic E-state index is 0.181. The van der Waals surface area contributed by atoms with Gasteiger partial charge in [-0.05, 0) is 31.2 Å². The molecular formula is C11H12N2O2. The first-order valence-corrected chi connectivity index (χ1v) is 4.55. The zero-order valence-electron chi connectivity index (χ0n) is 8.65. The smallest absolute Gasteiger partial charge is 0.260 e. The van der Waals surface area contributed by atoms with Gasteiger partial charge in [0.15, 0.2) is 6.10 Å². The molecule has 0 saturated carbocycles. The second-order valence-electron chi connectivity index (χ2n) is 3.01. The van der Waals surface area contributed by atoms with Crippen LogP contribution < -0.4 is 10.1 Å². The lowest BCUT2D eigenvalue weighted by Crippen LogP contribution is -2.33. The minimum atomic E-state index is -0.539. The van der Waals surface area contributed by atoms with Crippen molar-refractivity contribution in [3.8, 4) is 11.8 Å². The maximum atomic E-state index is 11.2. The Balaban J connectivity index is 2.66. The first kappa shape index (κ1) is 11.1. The number of carbonyl (C=O) groups excluding carboxylic acids is 1. The van der Waals surface area contributed by atoms with Crippen LogP contribution in [0.5, 0.6) is 5.75 Å². The van der Waals surface area contributed by atoms with Crippen LogP contribution in [-0.4, -0.2) is 19.1 Å². The summed E-state index contributed by atoms with van der Waals surface area (Å²) in [6.45, 7) is 1.66. The average molecular weight is 204 g/mol. The van der Waals surface area contributed by atoms with E-state index >= 15 is 0 Å². The van der Waals surface area contributed by atoms with Crippen molar-refractivity contribution in [2.45, 2.75) is 13.0 Å². The Morgan fingerprint density at radius 1 is 1.47 bits per heavy atom. The highest BCUT2D eigenvalue weighted by Crippen LogP contribution is 2.13. The van der Waals surface area contributed by atoms with Gasteiger partial charge in [-0.25, -0.2) is 0 Å². The average Bonchev–Trinajstić information content (AvgIpc) is 2.29. The highest BCUT2D eigenvalue weighted by Gasteiger charge is 2.11. The molecule has 1 aromatic carbocycles. The molecule has 0 bridgehead atoms. The normalized spacial score (nSPS) is 11.3. The number of likely N-dealkylation sites (N-methyl/N-ethyl adjacent to an activating group) is 1. The zero-order chi connectivity index (χ0) is 11.3. The molecule has 1 rings (SSSR count). The molecule has 0 saturated heterocycles. The van der Waals surface area contributed by atoms with E-state index in [4.69, 9.17) is 10.00 Å². The summed E-state index contributed by atoms with van der Waals surface area (Å²) in [4.78, 5) is 11.2. The Bertz CT molecular complexity index is 379. The van der Waals surface area contributed by atoms with Gasteiger partial charge < -0.3 is 10.1 Å². The molecule has 15 heavy (non-hydrogen) atoms. The summed E-state index contributed by atoms with van der Waals surface area (Å²) in [7, 11) is 1.56. The Kier molecular flexibility index (Phi) is 3.69. The van der Waals surface area contributed by atoms with Crippen LogP contribution in [0.2, 0.25) is 0 Å². The van der Waals surface area contributed by atoms with Crippen LogP contribution in [0.3, 0.4) is 0 Å². The van der Waals surface area contributed by atoms with Crippen molar-refractivity contribution in [2.75, 3.05) is 7.05 Å². The van der Waals surface area contributed by atoms with Crippen molar-refractivity contribution in [2.24, 2.45) is 0 Å². The van der Waals surface area contributed by atoms with E-state index in [0.29, 0.717) is 11.3 Å². The molecule has 4 nitrogen and oxygen atoms in total. The molecule has 0 heterocycles. The molecule has 1 N–H and O–H groups in total. The highest BCUT2D eigenvalue weighted by atomic mass is 16.5. The number of nitrogens with one attached hydrogen (secondary N) is 1. The van der Waals surface area contributed by atoms with Crippen molar-refractivity contribution in [1.29, 1.82) is 5.26 Å². The zero-order valence-corrected chi connectivity index (χ0v) is 8.65. The van der Waals surface area contributed by atoms with Gasteiger partial charge >= 0.3 is 0 Å². The van der Waals surface area contributed by atoms with E-state index in [0.717, 1.165) is 0 Å². The molecule has 0 aliphatic carbocycles. The Morgan fingerprint density at radius 3 is 2.53 bits per heavy atom. The van der Waals surface area contributed by atoms with Gasteiger partial charge in [0.2, 0.25) is 0 Å². The minimum Gasteiger partial charge on any atom is -0.481 e. The van der Waals surface area contributed by atoms with Crippen LogP contribution in [-0.2, 0) is 4.79 Å². The van der Waals surface area contributed by atoms with Crippen LogP contribution in [0.4, 0.5) is 0 Å². The van der Waals surface area contributed by atoms with Gasteiger partial charge in [0.1, 0.15) is 5.75 Å². The maximum absolute atomic E-state index is 11.2. The Morgan fingerprint density at radius 2 is 2.07 bits per heavy atom. The van der Waals surface area contributed by atoms with Crippen molar-refractivity contribution in [1.82, 2.24) is 5.32 Å². The molecule has 0 spiro atoms. The standard InChI is InChI=1S/C11H12N2O2/c1-8(11(14)13-2)15-10-5-3-9(7-12)4-6-10/h3-6,8H,1-2H3,(H,13,14). The molecule has 78 valence electrons. The molecule has 0 aliphatic rings. The van der Waals surface area contributed by atoms with Crippen LogP contribution in [0.25, 0.3) is 0 Å². The molecule has 0 aliphatic heterocycles. The van der Waals surface area contributed by atoms with E-state index in [1.807, 2.05) is 6.07 Å². The second kappa shape index (κ2) is 5.01. The number of hydrogen-bond donors (Lipinski definition) is 1. The van der Waals surface area contributed by atoms with Crippen molar-refractivity contribution < 1.29 is 9.53 Å². The summed E-state index contributed by atoms with van der Waals surface area (Å²) in [5.74, 6) is 0.393. The third-order valence-electron chi connectivity index (χ3n) is 1.91. The van der Waals surface area contributed by atoms with Crippen LogP contribution in [0, 0.1) is 11.3 Å². The third kappa shape index (κ3) is 2.99. The number of nitrogens with zero attached hydrogens (tertiary/aromatic N) is 1. The molecular weight excluding hydrogens is 192 g/mol. The van der Waals surface area contributed by atoms with Crippen molar-refractivity contribution in [3.63, 3.8) is 0 Å². The number of benzene rings is 1. The summed E-state index contributed by atoms with van der Waals surface area (Å²) in [5, 5.41) is 11.1. The van der Waals surface area contributed by atoms with Gasteiger partial charge in [-0.1, -0.05) is 0 Å². The largest absolute Gasteiger partial charge is 0.481 e. The topological polar surface area (TPSA) is 62.1 Å². The SMILES string of the molecule is CNC(=O)C(C)Oc1ccc(C#N)cc1. The number of amides is 1. The van der Waals surface area contributed by atoms with Gasteiger partial charge in [0, 0.05) is 7.05 Å². The summed E-state index contributed by atoms with van der Waals surface area (Å²) < 4.78 is 5.35. The van der Waals surface area contributed by atoms with Gasteiger partial charge in [0.05, 0.1) is 11.6 Å². The van der Waals surface area contributed by atoms with Crippen molar-refractivity contribution in [3.05, 3.63) is 29.8 Å². The third-order valence-corrected chi connectivity index (χ3v) is 1.91. The Labute approximate surface area is 88.5 Å². The summed E-state index contributed by atoms with van der Waals surface area (Å²) in [5.41, 5.74) is 0.565. The van der Waals surface area contributed by atoms with E-state index < -0.39 is 6.10 Å². The van der Waals surface area contributed by atoms with Crippen LogP contribution in [0.15, 0.2) is 24.3 Å². The summed E-state index contributed by atoms with van der Waals surface area (Å²) in [6, 6.07) is 8.63. The van der Waals surface area contributed by atoms with Crippen LogP contribution in [0.1, 0.15) is 12.5 Å². The van der Waals surface area contributed by atoms with E-state index in [9.17, 15) is 4.79 Å². The van der Waals surface area contributed by atoms with E-state index in [-0.39, 0.29) is 5.91 Å². The molecule has 1 aromatic rings. The molecule has 1 unspecified atom stereocenters. The Hall–Kier alpha value is -2.02. The predicted octanol–water partition coefficient (Wildman–Crippen LogP) is 1.07. The first-order chi connectivity index (χ1) is 7.17. The molecule has 0 fully saturated rings. The maximum Gasteiger partial charge on any atom is 0.260 e. The fraction of sp³-hybridized carbons (Fsp3) is 0.273. The van der Waals surface area contributed by atoms with E-state index in [1.165, 1.54) is 0 Å². The monoisotopic (exact) mass is 204 g/mol. The summed E-state index contributed by atoms with van der Waals surface area (Å²) >= 11 is 0. The van der Waals surface area contributed by atoms with E-state index in [1.54, 1.807) is 38.2 Å². The number of rotatable bonds is 3. The van der Waals surface area contributed by atoms with Gasteiger partial charge in [0.25, 0.3) is 5.91 Å². The quantitative estimate of drug-likeness (QED) is 0.801. The second-order valence-corrected chi connectivity index (χ2v) is 3.01. The lowest BCUT2D eigenvalue weighted by atomic mass is 10.2. The highest BCUT2D eigenvalue weighted by molar-refractivity contribution is 5.80. The van der Waals surface area contributed by atoms with Crippen molar-refractivity contribution >= 4 is 5.91 Å². The molecule has 4 heteroatoms. The lowest BCUT2D eigenvalue weighted by Gasteiger charge is -2.12. The van der Waals surface area contributed by atoms with Gasteiger partial charge in [-0.2, -0.15) is 5.26 Å². The number of hydrogen-bond acceptors (Lipinski definition) is 3.